The van der Waals surface area contributed by atoms with E-state index in [0.717, 1.165) is 11.3 Å². The summed E-state index contributed by atoms with van der Waals surface area (Å²) in [4.78, 5) is 13.7. The van der Waals surface area contributed by atoms with Crippen LogP contribution in [0.15, 0.2) is 16.9 Å². The van der Waals surface area contributed by atoms with Crippen molar-refractivity contribution in [1.82, 2.24) is 4.98 Å². The van der Waals surface area contributed by atoms with Gasteiger partial charge in [0.25, 0.3) is 0 Å². The highest BCUT2D eigenvalue weighted by Crippen LogP contribution is 2.14. The monoisotopic (exact) mass is 167 g/mol. The van der Waals surface area contributed by atoms with Crippen molar-refractivity contribution in [3.05, 3.63) is 33.7 Å². The van der Waals surface area contributed by atoms with E-state index in [1.54, 1.807) is 13.2 Å². The molecular formula is C9H13NO2. The minimum atomic E-state index is -0.0838. The van der Waals surface area contributed by atoms with Crippen molar-refractivity contribution in [2.75, 3.05) is 7.11 Å². The maximum Gasteiger partial charge on any atom is 0.248 e. The Balaban J connectivity index is 3.13. The predicted molar refractivity (Wildman–Crippen MR) is 47.2 cm³/mol. The first-order valence-electron chi connectivity index (χ1n) is 3.87. The predicted octanol–water partition coefficient (Wildman–Crippen LogP) is 1.39. The summed E-state index contributed by atoms with van der Waals surface area (Å²) in [7, 11) is 1.62. The third kappa shape index (κ3) is 1.74. The van der Waals surface area contributed by atoms with Crippen molar-refractivity contribution in [2.45, 2.75) is 20.0 Å². The van der Waals surface area contributed by atoms with Crippen LogP contribution in [0.4, 0.5) is 0 Å². The van der Waals surface area contributed by atoms with Gasteiger partial charge in [-0.25, -0.2) is 0 Å². The van der Waals surface area contributed by atoms with Gasteiger partial charge in [-0.1, -0.05) is 6.07 Å². The van der Waals surface area contributed by atoms with Crippen molar-refractivity contribution < 1.29 is 4.74 Å². The minimum Gasteiger partial charge on any atom is -0.376 e. The van der Waals surface area contributed by atoms with E-state index in [1.165, 1.54) is 6.07 Å². The van der Waals surface area contributed by atoms with E-state index in [1.807, 2.05) is 13.8 Å². The zero-order valence-corrected chi connectivity index (χ0v) is 7.55. The van der Waals surface area contributed by atoms with Gasteiger partial charge in [0.1, 0.15) is 0 Å². The highest BCUT2D eigenvalue weighted by atomic mass is 16.5. The third-order valence-corrected chi connectivity index (χ3v) is 1.93. The Morgan fingerprint density at radius 2 is 2.17 bits per heavy atom. The Morgan fingerprint density at radius 3 is 2.75 bits per heavy atom. The maximum atomic E-state index is 11.0. The summed E-state index contributed by atoms with van der Waals surface area (Å²) in [5.74, 6) is 0. The molecule has 12 heavy (non-hydrogen) atoms. The van der Waals surface area contributed by atoms with E-state index in [9.17, 15) is 4.79 Å². The van der Waals surface area contributed by atoms with Gasteiger partial charge in [-0.3, -0.25) is 4.79 Å². The number of H-pyrrole nitrogens is 1. The molecule has 66 valence electrons. The largest absolute Gasteiger partial charge is 0.376 e. The molecule has 1 heterocycles. The summed E-state index contributed by atoms with van der Waals surface area (Å²) in [5, 5.41) is 0. The van der Waals surface area contributed by atoms with E-state index < -0.39 is 0 Å². The van der Waals surface area contributed by atoms with E-state index in [4.69, 9.17) is 4.74 Å². The van der Waals surface area contributed by atoms with Crippen molar-refractivity contribution in [3.8, 4) is 0 Å². The molecule has 1 aromatic heterocycles. The fourth-order valence-electron chi connectivity index (χ4n) is 1.10. The quantitative estimate of drug-likeness (QED) is 0.723. The number of ether oxygens (including phenoxy) is 1. The van der Waals surface area contributed by atoms with Crippen LogP contribution in [-0.2, 0) is 4.74 Å². The lowest BCUT2D eigenvalue weighted by molar-refractivity contribution is 0.115. The van der Waals surface area contributed by atoms with Crippen LogP contribution >= 0.6 is 0 Å². The molecule has 1 atom stereocenters. The van der Waals surface area contributed by atoms with Crippen molar-refractivity contribution >= 4 is 0 Å². The summed E-state index contributed by atoms with van der Waals surface area (Å²) in [5.41, 5.74) is 1.81. The minimum absolute atomic E-state index is 0.0566. The van der Waals surface area contributed by atoms with Crippen molar-refractivity contribution in [1.29, 1.82) is 0 Å². The summed E-state index contributed by atoms with van der Waals surface area (Å²) in [6.45, 7) is 3.85. The first-order chi connectivity index (χ1) is 5.65. The van der Waals surface area contributed by atoms with Gasteiger partial charge in [-0.05, 0) is 19.4 Å². The molecule has 3 nitrogen and oxygen atoms in total. The molecule has 0 fully saturated rings. The fourth-order valence-corrected chi connectivity index (χ4v) is 1.10. The van der Waals surface area contributed by atoms with E-state index >= 15 is 0 Å². The normalized spacial score (nSPS) is 12.9. The molecule has 1 N–H and O–H groups in total. The lowest BCUT2D eigenvalue weighted by atomic mass is 10.1. The van der Waals surface area contributed by atoms with Crippen LogP contribution < -0.4 is 5.56 Å². The molecule has 0 aliphatic heterocycles. The molecule has 0 saturated heterocycles. The summed E-state index contributed by atoms with van der Waals surface area (Å²) >= 11 is 0. The zero-order chi connectivity index (χ0) is 9.14. The van der Waals surface area contributed by atoms with Crippen molar-refractivity contribution in [2.24, 2.45) is 0 Å². The number of hydrogen-bond donors (Lipinski definition) is 1. The lowest BCUT2D eigenvalue weighted by Gasteiger charge is -2.11. The van der Waals surface area contributed by atoms with Gasteiger partial charge in [0.2, 0.25) is 5.56 Å². The second-order valence-corrected chi connectivity index (χ2v) is 2.80. The van der Waals surface area contributed by atoms with Crippen LogP contribution in [0.2, 0.25) is 0 Å². The van der Waals surface area contributed by atoms with Crippen LogP contribution in [0.3, 0.4) is 0 Å². The maximum absolute atomic E-state index is 11.0. The van der Waals surface area contributed by atoms with Gasteiger partial charge < -0.3 is 9.72 Å². The molecule has 3 heteroatoms. The molecule has 1 rings (SSSR count). The zero-order valence-electron chi connectivity index (χ0n) is 7.55. The Bertz CT molecular complexity index is 317. The van der Waals surface area contributed by atoms with E-state index in [-0.39, 0.29) is 11.7 Å². The number of pyridine rings is 1. The summed E-state index contributed by atoms with van der Waals surface area (Å²) in [6, 6.07) is 3.31. The molecule has 0 bridgehead atoms. The summed E-state index contributed by atoms with van der Waals surface area (Å²) in [6.07, 6.45) is -0.0566. The molecule has 0 saturated carbocycles. The fraction of sp³-hybridized carbons (Fsp3) is 0.444. The smallest absolute Gasteiger partial charge is 0.248 e. The average molecular weight is 167 g/mol. The Hall–Kier alpha value is -1.09. The van der Waals surface area contributed by atoms with E-state index in [2.05, 4.69) is 4.98 Å². The van der Waals surface area contributed by atoms with Gasteiger partial charge >= 0.3 is 0 Å². The molecule has 0 spiro atoms. The SMILES string of the molecule is CO[C@@H](C)c1[nH]c(=O)ccc1C. The van der Waals surface area contributed by atoms with Gasteiger partial charge in [0, 0.05) is 18.9 Å². The number of rotatable bonds is 2. The molecule has 0 amide bonds. The van der Waals surface area contributed by atoms with Gasteiger partial charge in [0.15, 0.2) is 0 Å². The van der Waals surface area contributed by atoms with Crippen molar-refractivity contribution in [3.63, 3.8) is 0 Å². The standard InChI is InChI=1S/C9H13NO2/c1-6-4-5-8(11)10-9(6)7(2)12-3/h4-5,7H,1-3H3,(H,10,11)/t7-/m0/s1. The molecule has 1 aromatic rings. The number of methoxy groups -OCH3 is 1. The Morgan fingerprint density at radius 1 is 1.50 bits per heavy atom. The first kappa shape index (κ1) is 9.00. The van der Waals surface area contributed by atoms with Crippen LogP contribution in [0, 0.1) is 6.92 Å². The highest BCUT2D eigenvalue weighted by Gasteiger charge is 2.06. The molecule has 0 radical (unpaired) electrons. The topological polar surface area (TPSA) is 42.1 Å². The molecule has 0 aliphatic rings. The van der Waals surface area contributed by atoms with Gasteiger partial charge in [-0.2, -0.15) is 0 Å². The Kier molecular flexibility index (Phi) is 2.65. The number of hydrogen-bond acceptors (Lipinski definition) is 2. The number of aromatic nitrogens is 1. The molecule has 0 aliphatic carbocycles. The lowest BCUT2D eigenvalue weighted by Crippen LogP contribution is -2.11. The Labute approximate surface area is 71.4 Å². The second-order valence-electron chi connectivity index (χ2n) is 2.80. The third-order valence-electron chi connectivity index (χ3n) is 1.93. The van der Waals surface area contributed by atoms with Gasteiger partial charge in [0.05, 0.1) is 6.10 Å². The highest BCUT2D eigenvalue weighted by molar-refractivity contribution is 5.19. The second kappa shape index (κ2) is 3.54. The van der Waals surface area contributed by atoms with Gasteiger partial charge in [-0.15, -0.1) is 0 Å². The number of nitrogens with one attached hydrogen (secondary N) is 1. The van der Waals surface area contributed by atoms with E-state index in [0.29, 0.717) is 0 Å². The van der Waals surface area contributed by atoms with Crippen LogP contribution in [0.1, 0.15) is 24.3 Å². The number of aromatic amines is 1. The summed E-state index contributed by atoms with van der Waals surface area (Å²) < 4.78 is 5.10. The van der Waals surface area contributed by atoms with Crippen LogP contribution in [-0.4, -0.2) is 12.1 Å². The first-order valence-corrected chi connectivity index (χ1v) is 3.87. The van der Waals surface area contributed by atoms with Crippen LogP contribution in [0.25, 0.3) is 0 Å². The van der Waals surface area contributed by atoms with Crippen LogP contribution in [0.5, 0.6) is 0 Å². The molecular weight excluding hydrogens is 154 g/mol. The number of aryl methyl sites for hydroxylation is 1. The average Bonchev–Trinajstić information content (AvgIpc) is 2.08. The molecule has 0 aromatic carbocycles. The molecule has 0 unspecified atom stereocenters.